The van der Waals surface area contributed by atoms with E-state index in [4.69, 9.17) is 17.0 Å². The first kappa shape index (κ1) is 16.5. The van der Waals surface area contributed by atoms with Crippen LogP contribution in [0.25, 0.3) is 0 Å². The Kier molecular flexibility index (Phi) is 5.40. The lowest BCUT2D eigenvalue weighted by Crippen LogP contribution is -2.45. The maximum Gasteiger partial charge on any atom is 0.338 e. The molecule has 2 rings (SSSR count). The Labute approximate surface area is 142 Å². The Morgan fingerprint density at radius 2 is 2.24 bits per heavy atom. The molecule has 1 aromatic rings. The third-order valence-corrected chi connectivity index (χ3v) is 4.82. The van der Waals surface area contributed by atoms with Crippen molar-refractivity contribution in [3.63, 3.8) is 0 Å². The lowest BCUT2D eigenvalue weighted by Gasteiger charge is -2.29. The van der Waals surface area contributed by atoms with Crippen LogP contribution in [0.1, 0.15) is 31.7 Å². The maximum atomic E-state index is 12.4. The summed E-state index contributed by atoms with van der Waals surface area (Å²) < 4.78 is 6.39. The van der Waals surface area contributed by atoms with Gasteiger partial charge in [-0.3, -0.25) is 0 Å². The van der Waals surface area contributed by atoms with Crippen LogP contribution >= 0.6 is 39.5 Å². The molecule has 1 aromatic heterocycles. The Morgan fingerprint density at radius 1 is 1.52 bits per heavy atom. The van der Waals surface area contributed by atoms with E-state index in [1.807, 2.05) is 32.9 Å². The predicted octanol–water partition coefficient (Wildman–Crippen LogP) is 3.50. The van der Waals surface area contributed by atoms with Crippen molar-refractivity contribution in [3.05, 3.63) is 32.1 Å². The zero-order valence-electron chi connectivity index (χ0n) is 12.0. The van der Waals surface area contributed by atoms with Crippen LogP contribution < -0.4 is 10.6 Å². The average Bonchev–Trinajstić information content (AvgIpc) is 2.81. The lowest BCUT2D eigenvalue weighted by molar-refractivity contribution is -0.140. The second kappa shape index (κ2) is 6.89. The number of allylic oxidation sites excluding steroid dienone is 1. The Hall–Kier alpha value is -0.920. The second-order valence-electron chi connectivity index (χ2n) is 5.20. The summed E-state index contributed by atoms with van der Waals surface area (Å²) in [5, 5.41) is 6.66. The fourth-order valence-corrected chi connectivity index (χ4v) is 3.74. The van der Waals surface area contributed by atoms with Gasteiger partial charge in [0.25, 0.3) is 0 Å². The fourth-order valence-electron chi connectivity index (χ4n) is 1.98. The number of thiophene rings is 1. The first-order valence-corrected chi connectivity index (χ1v) is 8.61. The third-order valence-electron chi connectivity index (χ3n) is 2.92. The predicted molar refractivity (Wildman–Crippen MR) is 92.1 cm³/mol. The molecule has 2 heterocycles. The SMILES string of the molecule is CC1=C(C(=O)OCC(C)C)[C@@H](c2ccc(Br)s2)NC(=S)N1. The number of hydrogen-bond acceptors (Lipinski definition) is 4. The molecule has 21 heavy (non-hydrogen) atoms. The van der Waals surface area contributed by atoms with Crippen molar-refractivity contribution < 1.29 is 9.53 Å². The third kappa shape index (κ3) is 4.05. The van der Waals surface area contributed by atoms with E-state index in [2.05, 4.69) is 26.6 Å². The van der Waals surface area contributed by atoms with Gasteiger partial charge >= 0.3 is 5.97 Å². The number of hydrogen-bond donors (Lipinski definition) is 2. The number of thiocarbonyl (C=S) groups is 1. The van der Waals surface area contributed by atoms with Gasteiger partial charge in [-0.2, -0.15) is 0 Å². The zero-order chi connectivity index (χ0) is 15.6. The van der Waals surface area contributed by atoms with Crippen LogP contribution in [0.2, 0.25) is 0 Å². The molecule has 0 bridgehead atoms. The van der Waals surface area contributed by atoms with E-state index in [-0.39, 0.29) is 12.0 Å². The molecule has 0 amide bonds. The van der Waals surface area contributed by atoms with Gasteiger partial charge in [-0.1, -0.05) is 13.8 Å². The van der Waals surface area contributed by atoms with Gasteiger partial charge in [0.05, 0.1) is 22.0 Å². The van der Waals surface area contributed by atoms with Crippen molar-refractivity contribution in [1.29, 1.82) is 0 Å². The Balaban J connectivity index is 2.30. The summed E-state index contributed by atoms with van der Waals surface area (Å²) in [5.41, 5.74) is 1.32. The number of ether oxygens (including phenoxy) is 1. The quantitative estimate of drug-likeness (QED) is 0.610. The highest BCUT2D eigenvalue weighted by atomic mass is 79.9. The Morgan fingerprint density at radius 3 is 2.81 bits per heavy atom. The molecule has 0 saturated carbocycles. The molecule has 1 aliphatic rings. The zero-order valence-corrected chi connectivity index (χ0v) is 15.2. The van der Waals surface area contributed by atoms with Crippen LogP contribution in [-0.4, -0.2) is 17.7 Å². The monoisotopic (exact) mass is 388 g/mol. The number of halogens is 1. The van der Waals surface area contributed by atoms with Crippen LogP contribution in [0.3, 0.4) is 0 Å². The molecule has 0 radical (unpaired) electrons. The van der Waals surface area contributed by atoms with E-state index in [1.165, 1.54) is 0 Å². The highest BCUT2D eigenvalue weighted by molar-refractivity contribution is 9.11. The highest BCUT2D eigenvalue weighted by Crippen LogP contribution is 2.34. The minimum atomic E-state index is -0.307. The van der Waals surface area contributed by atoms with Crippen molar-refractivity contribution in [2.24, 2.45) is 5.92 Å². The lowest BCUT2D eigenvalue weighted by atomic mass is 10.0. The van der Waals surface area contributed by atoms with Crippen LogP contribution in [-0.2, 0) is 9.53 Å². The molecule has 1 atom stereocenters. The largest absolute Gasteiger partial charge is 0.462 e. The van der Waals surface area contributed by atoms with E-state index in [0.29, 0.717) is 23.2 Å². The smallest absolute Gasteiger partial charge is 0.338 e. The number of carbonyl (C=O) groups excluding carboxylic acids is 1. The van der Waals surface area contributed by atoms with Gasteiger partial charge in [-0.25, -0.2) is 4.79 Å². The summed E-state index contributed by atoms with van der Waals surface area (Å²) in [6.45, 7) is 6.26. The molecule has 0 unspecified atom stereocenters. The molecule has 0 aromatic carbocycles. The van der Waals surface area contributed by atoms with Crippen LogP contribution in [0.15, 0.2) is 27.2 Å². The highest BCUT2D eigenvalue weighted by Gasteiger charge is 2.31. The number of esters is 1. The van der Waals surface area contributed by atoms with Gasteiger partial charge in [-0.05, 0) is 53.1 Å². The van der Waals surface area contributed by atoms with Crippen LogP contribution in [0.5, 0.6) is 0 Å². The summed E-state index contributed by atoms with van der Waals surface area (Å²) in [5.74, 6) is -0.00649. The van der Waals surface area contributed by atoms with E-state index in [1.54, 1.807) is 11.3 Å². The van der Waals surface area contributed by atoms with Gasteiger partial charge < -0.3 is 15.4 Å². The van der Waals surface area contributed by atoms with Crippen LogP contribution in [0.4, 0.5) is 0 Å². The second-order valence-corrected chi connectivity index (χ2v) is 8.11. The van der Waals surface area contributed by atoms with Crippen molar-refractivity contribution in [1.82, 2.24) is 10.6 Å². The van der Waals surface area contributed by atoms with Gasteiger partial charge in [0, 0.05) is 10.6 Å². The first-order chi connectivity index (χ1) is 9.88. The first-order valence-electron chi connectivity index (χ1n) is 6.59. The van der Waals surface area contributed by atoms with Crippen molar-refractivity contribution >= 4 is 50.6 Å². The summed E-state index contributed by atoms with van der Waals surface area (Å²) in [6.07, 6.45) is 0. The van der Waals surface area contributed by atoms with Gasteiger partial charge in [-0.15, -0.1) is 11.3 Å². The molecular weight excluding hydrogens is 372 g/mol. The van der Waals surface area contributed by atoms with Gasteiger partial charge in [0.1, 0.15) is 0 Å². The molecule has 2 N–H and O–H groups in total. The molecular formula is C14H17BrN2O2S2. The van der Waals surface area contributed by atoms with Crippen molar-refractivity contribution in [2.45, 2.75) is 26.8 Å². The molecule has 0 aliphatic carbocycles. The minimum Gasteiger partial charge on any atom is -0.462 e. The van der Waals surface area contributed by atoms with Gasteiger partial charge in [0.2, 0.25) is 0 Å². The number of carbonyl (C=O) groups is 1. The van der Waals surface area contributed by atoms with E-state index < -0.39 is 0 Å². The van der Waals surface area contributed by atoms with E-state index in [9.17, 15) is 4.79 Å². The van der Waals surface area contributed by atoms with Crippen LogP contribution in [0, 0.1) is 5.92 Å². The summed E-state index contributed by atoms with van der Waals surface area (Å²) >= 11 is 10.2. The van der Waals surface area contributed by atoms with Gasteiger partial charge in [0.15, 0.2) is 5.11 Å². The van der Waals surface area contributed by atoms with Crippen molar-refractivity contribution in [2.75, 3.05) is 6.61 Å². The maximum absolute atomic E-state index is 12.4. The topological polar surface area (TPSA) is 50.4 Å². The van der Waals surface area contributed by atoms with E-state index >= 15 is 0 Å². The Bertz CT molecular complexity index is 596. The molecule has 0 saturated heterocycles. The molecule has 4 nitrogen and oxygen atoms in total. The average molecular weight is 389 g/mol. The summed E-state index contributed by atoms with van der Waals surface area (Å²) in [4.78, 5) is 13.4. The molecule has 0 spiro atoms. The number of nitrogens with one attached hydrogen (secondary N) is 2. The minimum absolute atomic E-state index is 0.269. The standard InChI is InChI=1S/C14H17BrN2O2S2/c1-7(2)6-19-13(18)11-8(3)16-14(20)17-12(11)9-4-5-10(15)21-9/h4-5,7,12H,6H2,1-3H3,(H2,16,17,20)/t12-/m1/s1. The molecule has 1 aliphatic heterocycles. The molecule has 7 heteroatoms. The summed E-state index contributed by atoms with van der Waals surface area (Å²) in [7, 11) is 0. The summed E-state index contributed by atoms with van der Waals surface area (Å²) in [6, 6.07) is 3.66. The van der Waals surface area contributed by atoms with E-state index in [0.717, 1.165) is 14.4 Å². The number of rotatable bonds is 4. The molecule has 0 fully saturated rings. The van der Waals surface area contributed by atoms with Crippen molar-refractivity contribution in [3.8, 4) is 0 Å². The normalized spacial score (nSPS) is 18.5. The molecule has 114 valence electrons. The fraction of sp³-hybridized carbons (Fsp3) is 0.429.